The highest BCUT2D eigenvalue weighted by Gasteiger charge is 2.35. The van der Waals surface area contributed by atoms with Crippen molar-refractivity contribution in [3.63, 3.8) is 0 Å². The van der Waals surface area contributed by atoms with Gasteiger partial charge < -0.3 is 15.4 Å². The normalized spacial score (nSPS) is 22.3. The fraction of sp³-hybridized carbons (Fsp3) is 0.476. The lowest BCUT2D eigenvalue weighted by atomic mass is 10.1. The molecule has 1 aromatic carbocycles. The van der Waals surface area contributed by atoms with E-state index < -0.39 is 0 Å². The van der Waals surface area contributed by atoms with Gasteiger partial charge in [0.1, 0.15) is 5.82 Å². The molecule has 7 heteroatoms. The molecule has 2 fully saturated rings. The molecule has 2 aromatic rings. The first-order chi connectivity index (χ1) is 13.7. The van der Waals surface area contributed by atoms with Gasteiger partial charge in [-0.15, -0.1) is 0 Å². The molecule has 7 nitrogen and oxygen atoms in total. The molecule has 0 unspecified atom stereocenters. The fourth-order valence-electron chi connectivity index (χ4n) is 3.94. The predicted molar refractivity (Wildman–Crippen MR) is 108 cm³/mol. The number of anilines is 1. The Hall–Kier alpha value is -2.51. The predicted octanol–water partition coefficient (Wildman–Crippen LogP) is 2.17. The number of rotatable bonds is 6. The third kappa shape index (κ3) is 4.15. The summed E-state index contributed by atoms with van der Waals surface area (Å²) in [5, 5.41) is 6.36. The largest absolute Gasteiger partial charge is 0.378 e. The Balaban J connectivity index is 1.48. The molecule has 1 aromatic heterocycles. The third-order valence-corrected chi connectivity index (χ3v) is 5.37. The van der Waals surface area contributed by atoms with Crippen LogP contribution in [0.3, 0.4) is 0 Å². The van der Waals surface area contributed by atoms with E-state index in [1.165, 1.54) is 12.8 Å². The van der Waals surface area contributed by atoms with Crippen molar-refractivity contribution >= 4 is 11.7 Å². The van der Waals surface area contributed by atoms with E-state index in [1.807, 2.05) is 37.3 Å². The van der Waals surface area contributed by atoms with Gasteiger partial charge in [0, 0.05) is 23.9 Å². The van der Waals surface area contributed by atoms with Crippen LogP contribution in [0, 0.1) is 0 Å². The minimum atomic E-state index is -0.0793. The summed E-state index contributed by atoms with van der Waals surface area (Å²) in [6, 6.07) is 9.61. The summed E-state index contributed by atoms with van der Waals surface area (Å²) in [7, 11) is 0. The van der Waals surface area contributed by atoms with Crippen molar-refractivity contribution in [3.05, 3.63) is 42.1 Å². The molecule has 1 amide bonds. The van der Waals surface area contributed by atoms with Crippen LogP contribution in [-0.2, 0) is 4.74 Å². The second-order valence-corrected chi connectivity index (χ2v) is 7.30. The first-order valence-electron chi connectivity index (χ1n) is 10.0. The van der Waals surface area contributed by atoms with Crippen molar-refractivity contribution in [2.75, 3.05) is 38.2 Å². The molecule has 0 aliphatic carbocycles. The zero-order valence-corrected chi connectivity index (χ0v) is 16.2. The molecule has 2 N–H and O–H groups in total. The summed E-state index contributed by atoms with van der Waals surface area (Å²) in [5.41, 5.74) is 1.44. The van der Waals surface area contributed by atoms with Gasteiger partial charge in [-0.05, 0) is 51.1 Å². The van der Waals surface area contributed by atoms with Gasteiger partial charge >= 0.3 is 0 Å². The maximum atomic E-state index is 12.9. The number of benzene rings is 1. The third-order valence-electron chi connectivity index (χ3n) is 5.37. The van der Waals surface area contributed by atoms with Crippen LogP contribution in [0.2, 0.25) is 0 Å². The summed E-state index contributed by atoms with van der Waals surface area (Å²) in [6.07, 6.45) is 4.18. The minimum Gasteiger partial charge on any atom is -0.378 e. The summed E-state index contributed by atoms with van der Waals surface area (Å²) < 4.78 is 5.66. The summed E-state index contributed by atoms with van der Waals surface area (Å²) in [5.74, 6) is 1.30. The van der Waals surface area contributed by atoms with E-state index in [2.05, 4.69) is 25.5 Å². The van der Waals surface area contributed by atoms with Crippen LogP contribution in [0.25, 0.3) is 11.4 Å². The van der Waals surface area contributed by atoms with Gasteiger partial charge in [0.15, 0.2) is 5.82 Å². The molecule has 2 atom stereocenters. The van der Waals surface area contributed by atoms with E-state index in [0.717, 1.165) is 31.0 Å². The zero-order chi connectivity index (χ0) is 19.3. The molecule has 0 bridgehead atoms. The monoisotopic (exact) mass is 381 g/mol. The standard InChI is InChI=1S/C21H27N5O2/c1-2-22-19-8-9-23-20(25-19)15-6-5-7-16(12-15)21(27)24-17-13-28-14-18(17)26-10-3-4-11-26/h5-9,12,17-18H,2-4,10-11,13-14H2,1H3,(H,24,27)(H,22,23,25)/t17-,18-/m0/s1. The van der Waals surface area contributed by atoms with Crippen molar-refractivity contribution in [2.24, 2.45) is 0 Å². The van der Waals surface area contributed by atoms with Crippen LogP contribution in [0.15, 0.2) is 36.5 Å². The Morgan fingerprint density at radius 3 is 2.93 bits per heavy atom. The van der Waals surface area contributed by atoms with Gasteiger partial charge in [-0.2, -0.15) is 0 Å². The maximum Gasteiger partial charge on any atom is 0.251 e. The lowest BCUT2D eigenvalue weighted by Gasteiger charge is -2.27. The van der Waals surface area contributed by atoms with Crippen LogP contribution in [-0.4, -0.2) is 65.7 Å². The van der Waals surface area contributed by atoms with Crippen molar-refractivity contribution < 1.29 is 9.53 Å². The molecule has 28 heavy (non-hydrogen) atoms. The minimum absolute atomic E-state index is 0.0302. The molecular weight excluding hydrogens is 354 g/mol. The highest BCUT2D eigenvalue weighted by atomic mass is 16.5. The number of likely N-dealkylation sites (tertiary alicyclic amines) is 1. The molecule has 0 saturated carbocycles. The molecular formula is C21H27N5O2. The Labute approximate surface area is 165 Å². The van der Waals surface area contributed by atoms with Crippen molar-refractivity contribution in [1.29, 1.82) is 0 Å². The SMILES string of the molecule is CCNc1ccnc(-c2cccc(C(=O)N[C@H]3COC[C@@H]3N3CCCC3)c2)n1. The average molecular weight is 381 g/mol. The number of nitrogens with zero attached hydrogens (tertiary/aromatic N) is 3. The summed E-state index contributed by atoms with van der Waals surface area (Å²) in [4.78, 5) is 24.2. The van der Waals surface area contributed by atoms with Crippen LogP contribution >= 0.6 is 0 Å². The van der Waals surface area contributed by atoms with Crippen LogP contribution in [0.5, 0.6) is 0 Å². The summed E-state index contributed by atoms with van der Waals surface area (Å²) in [6.45, 7) is 6.26. The number of ether oxygens (including phenoxy) is 1. The number of nitrogens with one attached hydrogen (secondary N) is 2. The van der Waals surface area contributed by atoms with E-state index in [1.54, 1.807) is 6.20 Å². The second kappa shape index (κ2) is 8.67. The molecule has 3 heterocycles. The first-order valence-corrected chi connectivity index (χ1v) is 10.0. The van der Waals surface area contributed by atoms with E-state index >= 15 is 0 Å². The van der Waals surface area contributed by atoms with Crippen LogP contribution in [0.4, 0.5) is 5.82 Å². The number of aromatic nitrogens is 2. The highest BCUT2D eigenvalue weighted by Crippen LogP contribution is 2.21. The number of hydrogen-bond acceptors (Lipinski definition) is 6. The topological polar surface area (TPSA) is 79.4 Å². The quantitative estimate of drug-likeness (QED) is 0.798. The number of amides is 1. The Morgan fingerprint density at radius 1 is 1.25 bits per heavy atom. The fourth-order valence-corrected chi connectivity index (χ4v) is 3.94. The lowest BCUT2D eigenvalue weighted by Crippen LogP contribution is -2.50. The molecule has 2 aliphatic rings. The molecule has 2 saturated heterocycles. The van der Waals surface area contributed by atoms with E-state index in [9.17, 15) is 4.79 Å². The average Bonchev–Trinajstić information content (AvgIpc) is 3.40. The van der Waals surface area contributed by atoms with Gasteiger partial charge in [-0.3, -0.25) is 9.69 Å². The van der Waals surface area contributed by atoms with E-state index in [4.69, 9.17) is 4.74 Å². The number of carbonyl (C=O) groups is 1. The van der Waals surface area contributed by atoms with Gasteiger partial charge in [-0.25, -0.2) is 9.97 Å². The van der Waals surface area contributed by atoms with Crippen LogP contribution < -0.4 is 10.6 Å². The highest BCUT2D eigenvalue weighted by molar-refractivity contribution is 5.95. The maximum absolute atomic E-state index is 12.9. The smallest absolute Gasteiger partial charge is 0.251 e. The van der Waals surface area contributed by atoms with Crippen molar-refractivity contribution in [3.8, 4) is 11.4 Å². The Kier molecular flexibility index (Phi) is 5.83. The Morgan fingerprint density at radius 2 is 2.11 bits per heavy atom. The van der Waals surface area contributed by atoms with E-state index in [0.29, 0.717) is 24.6 Å². The van der Waals surface area contributed by atoms with Gasteiger partial charge in [-0.1, -0.05) is 12.1 Å². The number of carbonyl (C=O) groups excluding carboxylic acids is 1. The van der Waals surface area contributed by atoms with Crippen molar-refractivity contribution in [2.45, 2.75) is 31.8 Å². The molecule has 148 valence electrons. The van der Waals surface area contributed by atoms with Crippen LogP contribution in [0.1, 0.15) is 30.1 Å². The van der Waals surface area contributed by atoms with Gasteiger partial charge in [0.2, 0.25) is 0 Å². The molecule has 2 aliphatic heterocycles. The second-order valence-electron chi connectivity index (χ2n) is 7.30. The first kappa shape index (κ1) is 18.8. The molecule has 4 rings (SSSR count). The molecule has 0 radical (unpaired) electrons. The lowest BCUT2D eigenvalue weighted by molar-refractivity contribution is 0.0916. The number of hydrogen-bond donors (Lipinski definition) is 2. The zero-order valence-electron chi connectivity index (χ0n) is 16.2. The van der Waals surface area contributed by atoms with Gasteiger partial charge in [0.25, 0.3) is 5.91 Å². The van der Waals surface area contributed by atoms with Gasteiger partial charge in [0.05, 0.1) is 25.3 Å². The van der Waals surface area contributed by atoms with Crippen molar-refractivity contribution in [1.82, 2.24) is 20.2 Å². The molecule has 0 spiro atoms. The Bertz CT molecular complexity index is 822. The summed E-state index contributed by atoms with van der Waals surface area (Å²) >= 11 is 0. The van der Waals surface area contributed by atoms with E-state index in [-0.39, 0.29) is 18.0 Å².